The molecule has 0 radical (unpaired) electrons. The van der Waals surface area contributed by atoms with Crippen LogP contribution in [-0.4, -0.2) is 15.7 Å². The maximum absolute atomic E-state index is 12.9. The average molecular weight is 325 g/mol. The predicted octanol–water partition coefficient (Wildman–Crippen LogP) is 4.01. The van der Waals surface area contributed by atoms with Crippen LogP contribution in [0.5, 0.6) is 11.5 Å². The SMILES string of the molecule is CC(C(=O)Nc1ccccc1)n1cc(Oc2ccc(F)cc2)cn1. The van der Waals surface area contributed by atoms with Crippen molar-refractivity contribution in [3.63, 3.8) is 0 Å². The molecule has 1 atom stereocenters. The van der Waals surface area contributed by atoms with Crippen molar-refractivity contribution in [1.29, 1.82) is 0 Å². The summed E-state index contributed by atoms with van der Waals surface area (Å²) in [4.78, 5) is 12.3. The first kappa shape index (κ1) is 15.7. The van der Waals surface area contributed by atoms with Crippen molar-refractivity contribution in [1.82, 2.24) is 9.78 Å². The summed E-state index contributed by atoms with van der Waals surface area (Å²) < 4.78 is 20.0. The van der Waals surface area contributed by atoms with Crippen LogP contribution in [0.15, 0.2) is 67.0 Å². The van der Waals surface area contributed by atoms with Crippen LogP contribution in [0, 0.1) is 5.82 Å². The van der Waals surface area contributed by atoms with Gasteiger partial charge in [0.2, 0.25) is 5.91 Å². The molecule has 1 heterocycles. The van der Waals surface area contributed by atoms with Crippen molar-refractivity contribution >= 4 is 11.6 Å². The molecular weight excluding hydrogens is 309 g/mol. The number of para-hydroxylation sites is 1. The van der Waals surface area contributed by atoms with Gasteiger partial charge >= 0.3 is 0 Å². The Morgan fingerprint density at radius 1 is 1.12 bits per heavy atom. The molecule has 24 heavy (non-hydrogen) atoms. The van der Waals surface area contributed by atoms with Gasteiger partial charge in [-0.3, -0.25) is 9.48 Å². The summed E-state index contributed by atoms with van der Waals surface area (Å²) in [6, 6.07) is 14.4. The smallest absolute Gasteiger partial charge is 0.248 e. The molecular formula is C18H16FN3O2. The number of benzene rings is 2. The average Bonchev–Trinajstić information content (AvgIpc) is 3.05. The third kappa shape index (κ3) is 3.78. The fourth-order valence-corrected chi connectivity index (χ4v) is 2.11. The van der Waals surface area contributed by atoms with E-state index < -0.39 is 6.04 Å². The summed E-state index contributed by atoms with van der Waals surface area (Å²) in [5.74, 6) is 0.459. The number of aromatic nitrogens is 2. The van der Waals surface area contributed by atoms with Crippen LogP contribution in [-0.2, 0) is 4.79 Å². The highest BCUT2D eigenvalue weighted by Crippen LogP contribution is 2.22. The number of anilines is 1. The van der Waals surface area contributed by atoms with Crippen molar-refractivity contribution < 1.29 is 13.9 Å². The largest absolute Gasteiger partial charge is 0.454 e. The van der Waals surface area contributed by atoms with Crippen LogP contribution >= 0.6 is 0 Å². The van der Waals surface area contributed by atoms with E-state index in [0.717, 1.165) is 5.69 Å². The van der Waals surface area contributed by atoms with E-state index in [1.165, 1.54) is 35.1 Å². The number of hydrogen-bond donors (Lipinski definition) is 1. The van der Waals surface area contributed by atoms with E-state index in [4.69, 9.17) is 4.74 Å². The Hall–Kier alpha value is -3.15. The van der Waals surface area contributed by atoms with Crippen LogP contribution in [0.1, 0.15) is 13.0 Å². The third-order valence-electron chi connectivity index (χ3n) is 3.44. The van der Waals surface area contributed by atoms with Crippen LogP contribution < -0.4 is 10.1 Å². The van der Waals surface area contributed by atoms with Crippen molar-refractivity contribution in [3.05, 3.63) is 72.8 Å². The lowest BCUT2D eigenvalue weighted by Crippen LogP contribution is -2.23. The normalized spacial score (nSPS) is 11.8. The van der Waals surface area contributed by atoms with Crippen LogP contribution in [0.25, 0.3) is 0 Å². The molecule has 5 nitrogen and oxygen atoms in total. The Balaban J connectivity index is 1.65. The van der Waals surface area contributed by atoms with E-state index in [2.05, 4.69) is 10.4 Å². The number of carbonyl (C=O) groups is 1. The Morgan fingerprint density at radius 3 is 2.54 bits per heavy atom. The Labute approximate surface area is 138 Å². The maximum atomic E-state index is 12.9. The molecule has 0 aliphatic heterocycles. The summed E-state index contributed by atoms with van der Waals surface area (Å²) in [7, 11) is 0. The van der Waals surface area contributed by atoms with Gasteiger partial charge in [-0.15, -0.1) is 0 Å². The van der Waals surface area contributed by atoms with Gasteiger partial charge in [0, 0.05) is 5.69 Å². The summed E-state index contributed by atoms with van der Waals surface area (Å²) in [6.07, 6.45) is 3.13. The van der Waals surface area contributed by atoms with Gasteiger partial charge in [-0.25, -0.2) is 4.39 Å². The maximum Gasteiger partial charge on any atom is 0.248 e. The first-order valence-corrected chi connectivity index (χ1v) is 7.45. The second kappa shape index (κ2) is 6.95. The van der Waals surface area contributed by atoms with Crippen LogP contribution in [0.2, 0.25) is 0 Å². The predicted molar refractivity (Wildman–Crippen MR) is 88.5 cm³/mol. The minimum Gasteiger partial charge on any atom is -0.454 e. The van der Waals surface area contributed by atoms with Crippen LogP contribution in [0.3, 0.4) is 0 Å². The topological polar surface area (TPSA) is 56.2 Å². The van der Waals surface area contributed by atoms with Crippen molar-refractivity contribution in [2.45, 2.75) is 13.0 Å². The molecule has 1 unspecified atom stereocenters. The monoisotopic (exact) mass is 325 g/mol. The summed E-state index contributed by atoms with van der Waals surface area (Å²) in [6.45, 7) is 1.74. The van der Waals surface area contributed by atoms with Crippen molar-refractivity contribution in [3.8, 4) is 11.5 Å². The molecule has 3 rings (SSSR count). The second-order valence-electron chi connectivity index (χ2n) is 5.24. The number of nitrogens with zero attached hydrogens (tertiary/aromatic N) is 2. The van der Waals surface area contributed by atoms with Gasteiger partial charge in [0.05, 0.1) is 12.4 Å². The lowest BCUT2D eigenvalue weighted by Gasteiger charge is -2.12. The first-order chi connectivity index (χ1) is 11.6. The van der Waals surface area contributed by atoms with Gasteiger partial charge in [0.25, 0.3) is 0 Å². The first-order valence-electron chi connectivity index (χ1n) is 7.45. The highest BCUT2D eigenvalue weighted by atomic mass is 19.1. The molecule has 0 fully saturated rings. The molecule has 0 aliphatic carbocycles. The van der Waals surface area contributed by atoms with Gasteiger partial charge in [-0.2, -0.15) is 5.10 Å². The molecule has 0 saturated heterocycles. The lowest BCUT2D eigenvalue weighted by atomic mass is 10.3. The molecule has 6 heteroatoms. The third-order valence-corrected chi connectivity index (χ3v) is 3.44. The molecule has 1 aromatic heterocycles. The van der Waals surface area contributed by atoms with Gasteiger partial charge in [-0.1, -0.05) is 18.2 Å². The fourth-order valence-electron chi connectivity index (χ4n) is 2.11. The van der Waals surface area contributed by atoms with E-state index in [1.807, 2.05) is 30.3 Å². The van der Waals surface area contributed by atoms with E-state index in [9.17, 15) is 9.18 Å². The summed E-state index contributed by atoms with van der Waals surface area (Å²) in [5.41, 5.74) is 0.726. The lowest BCUT2D eigenvalue weighted by molar-refractivity contribution is -0.119. The zero-order valence-corrected chi connectivity index (χ0v) is 13.0. The van der Waals surface area contributed by atoms with Crippen molar-refractivity contribution in [2.75, 3.05) is 5.32 Å². The van der Waals surface area contributed by atoms with Gasteiger partial charge in [0.1, 0.15) is 17.6 Å². The number of halogens is 1. The molecule has 1 amide bonds. The van der Waals surface area contributed by atoms with Gasteiger partial charge < -0.3 is 10.1 Å². The van der Waals surface area contributed by atoms with Crippen LogP contribution in [0.4, 0.5) is 10.1 Å². The zero-order valence-electron chi connectivity index (χ0n) is 13.0. The Kier molecular flexibility index (Phi) is 4.56. The molecule has 0 aliphatic rings. The summed E-state index contributed by atoms with van der Waals surface area (Å²) >= 11 is 0. The molecule has 1 N–H and O–H groups in total. The van der Waals surface area contributed by atoms with E-state index in [-0.39, 0.29) is 11.7 Å². The number of hydrogen-bond acceptors (Lipinski definition) is 3. The zero-order chi connectivity index (χ0) is 16.9. The number of carbonyl (C=O) groups excluding carboxylic acids is 1. The highest BCUT2D eigenvalue weighted by molar-refractivity contribution is 5.93. The summed E-state index contributed by atoms with van der Waals surface area (Å²) in [5, 5.41) is 6.97. The van der Waals surface area contributed by atoms with E-state index in [1.54, 1.807) is 13.1 Å². The van der Waals surface area contributed by atoms with Gasteiger partial charge in [0.15, 0.2) is 5.75 Å². The minimum atomic E-state index is -0.504. The number of ether oxygens (including phenoxy) is 1. The number of nitrogens with one attached hydrogen (secondary N) is 1. The molecule has 0 spiro atoms. The molecule has 2 aromatic carbocycles. The Bertz CT molecular complexity index is 816. The van der Waals surface area contributed by atoms with Gasteiger partial charge in [-0.05, 0) is 43.3 Å². The molecule has 0 saturated carbocycles. The van der Waals surface area contributed by atoms with E-state index in [0.29, 0.717) is 11.5 Å². The molecule has 122 valence electrons. The number of amides is 1. The molecule has 3 aromatic rings. The number of rotatable bonds is 5. The molecule has 0 bridgehead atoms. The van der Waals surface area contributed by atoms with Crippen molar-refractivity contribution in [2.24, 2.45) is 0 Å². The highest BCUT2D eigenvalue weighted by Gasteiger charge is 2.16. The second-order valence-corrected chi connectivity index (χ2v) is 5.24. The standard InChI is InChI=1S/C18H16FN3O2/c1-13(18(23)21-15-5-3-2-4-6-15)22-12-17(11-20-22)24-16-9-7-14(19)8-10-16/h2-13H,1H3,(H,21,23). The Morgan fingerprint density at radius 2 is 1.83 bits per heavy atom. The fraction of sp³-hybridized carbons (Fsp3) is 0.111. The van der Waals surface area contributed by atoms with E-state index >= 15 is 0 Å². The minimum absolute atomic E-state index is 0.183. The quantitative estimate of drug-likeness (QED) is 0.771.